The summed E-state index contributed by atoms with van der Waals surface area (Å²) < 4.78 is 68.6. The van der Waals surface area contributed by atoms with E-state index in [9.17, 15) is 4.79 Å². The Labute approximate surface area is 333 Å². The van der Waals surface area contributed by atoms with E-state index < -0.39 is 11.9 Å². The van der Waals surface area contributed by atoms with Crippen LogP contribution in [0.2, 0.25) is 0 Å². The molecule has 11 nitrogen and oxygen atoms in total. The molecule has 21 atom stereocenters. The van der Waals surface area contributed by atoms with Gasteiger partial charge in [0, 0.05) is 29.6 Å². The number of halogens is 1. The third kappa shape index (κ3) is 6.60. The number of carbonyl (C=O) groups is 1. The highest BCUT2D eigenvalue weighted by Crippen LogP contribution is 2.54. The summed E-state index contributed by atoms with van der Waals surface area (Å²) in [5, 5.41) is 0. The van der Waals surface area contributed by atoms with Gasteiger partial charge < -0.3 is 47.4 Å². The lowest BCUT2D eigenvalue weighted by molar-refractivity contribution is -0.293. The van der Waals surface area contributed by atoms with Gasteiger partial charge in [0.2, 0.25) is 0 Å². The van der Waals surface area contributed by atoms with Crippen molar-refractivity contribution in [3.8, 4) is 0 Å². The second-order valence-electron chi connectivity index (χ2n) is 18.5. The van der Waals surface area contributed by atoms with Crippen molar-refractivity contribution in [2.75, 3.05) is 4.43 Å². The van der Waals surface area contributed by atoms with Crippen molar-refractivity contribution in [2.45, 2.75) is 207 Å². The van der Waals surface area contributed by atoms with Gasteiger partial charge in [-0.2, -0.15) is 0 Å². The molecule has 11 saturated heterocycles. The second-order valence-corrected chi connectivity index (χ2v) is 19.4. The third-order valence-electron chi connectivity index (χ3n) is 14.9. The Balaban J connectivity index is 0.938. The predicted molar refractivity (Wildman–Crippen MR) is 203 cm³/mol. The molecular formula is C42H59IO11. The summed E-state index contributed by atoms with van der Waals surface area (Å²) in [4.78, 5) is 14.1. The maximum atomic E-state index is 14.1. The summed E-state index contributed by atoms with van der Waals surface area (Å²) in [7, 11) is 0. The van der Waals surface area contributed by atoms with Crippen LogP contribution in [0, 0.1) is 17.8 Å². The number of alkyl halides is 1. The van der Waals surface area contributed by atoms with E-state index in [0.29, 0.717) is 37.5 Å². The second kappa shape index (κ2) is 14.5. The maximum Gasteiger partial charge on any atom is 0.308 e. The minimum Gasteiger partial charge on any atom is -0.459 e. The summed E-state index contributed by atoms with van der Waals surface area (Å²) >= 11 is 2.42. The summed E-state index contributed by atoms with van der Waals surface area (Å²) in [6.07, 6.45) is 6.00. The Kier molecular flexibility index (Phi) is 10.1. The van der Waals surface area contributed by atoms with Crippen LogP contribution in [0.3, 0.4) is 0 Å². The van der Waals surface area contributed by atoms with E-state index in [-0.39, 0.29) is 116 Å². The molecule has 54 heavy (non-hydrogen) atoms. The lowest BCUT2D eigenvalue weighted by Crippen LogP contribution is -2.62. The van der Waals surface area contributed by atoms with Crippen LogP contribution in [0.1, 0.15) is 97.8 Å². The zero-order chi connectivity index (χ0) is 37.0. The molecule has 0 N–H and O–H groups in total. The minimum atomic E-state index is -0.778. The van der Waals surface area contributed by atoms with Gasteiger partial charge in [-0.1, -0.05) is 56.5 Å². The van der Waals surface area contributed by atoms with Crippen LogP contribution < -0.4 is 0 Å². The molecule has 11 aliphatic heterocycles. The van der Waals surface area contributed by atoms with Gasteiger partial charge in [0.05, 0.1) is 73.6 Å². The molecule has 0 aromatic carbocycles. The zero-order valence-corrected chi connectivity index (χ0v) is 34.2. The molecular weight excluding hydrogens is 807 g/mol. The number of esters is 1. The molecule has 11 heterocycles. The van der Waals surface area contributed by atoms with Gasteiger partial charge in [0.25, 0.3) is 0 Å². The van der Waals surface area contributed by atoms with E-state index in [0.717, 1.165) is 60.5 Å². The Morgan fingerprint density at radius 3 is 2.24 bits per heavy atom. The number of hydrogen-bond donors (Lipinski definition) is 0. The first kappa shape index (κ1) is 37.6. The topological polar surface area (TPSA) is 109 Å². The quantitative estimate of drug-likeness (QED) is 0.136. The fourth-order valence-electron chi connectivity index (χ4n) is 11.9. The molecule has 0 radical (unpaired) electrons. The Bertz CT molecular complexity index is 1480. The molecule has 12 bridgehead atoms. The maximum absolute atomic E-state index is 14.1. The van der Waals surface area contributed by atoms with Crippen LogP contribution >= 0.6 is 22.6 Å². The number of fused-ring (bicyclic) bond motifs is 7. The Morgan fingerprint density at radius 2 is 1.39 bits per heavy atom. The lowest BCUT2D eigenvalue weighted by Gasteiger charge is -2.51. The van der Waals surface area contributed by atoms with Crippen molar-refractivity contribution in [1.82, 2.24) is 0 Å². The van der Waals surface area contributed by atoms with Gasteiger partial charge in [0.1, 0.15) is 36.6 Å². The summed E-state index contributed by atoms with van der Waals surface area (Å²) in [6.45, 7) is 15.7. The van der Waals surface area contributed by atoms with E-state index in [1.165, 1.54) is 0 Å². The van der Waals surface area contributed by atoms with E-state index in [4.69, 9.17) is 47.4 Å². The first-order valence-electron chi connectivity index (χ1n) is 21.1. The van der Waals surface area contributed by atoms with Crippen LogP contribution in [0.15, 0.2) is 24.3 Å². The average molecular weight is 867 g/mol. The number of ether oxygens (including phenoxy) is 10. The predicted octanol–water partition coefficient (Wildman–Crippen LogP) is 5.91. The van der Waals surface area contributed by atoms with Gasteiger partial charge in [-0.3, -0.25) is 4.79 Å². The largest absolute Gasteiger partial charge is 0.459 e. The van der Waals surface area contributed by atoms with Gasteiger partial charge in [-0.25, -0.2) is 0 Å². The van der Waals surface area contributed by atoms with Gasteiger partial charge >= 0.3 is 5.97 Å². The van der Waals surface area contributed by atoms with Crippen molar-refractivity contribution in [3.05, 3.63) is 24.3 Å². The van der Waals surface area contributed by atoms with Crippen molar-refractivity contribution in [3.63, 3.8) is 0 Å². The number of hydrogen-bond acceptors (Lipinski definition) is 11. The molecule has 0 saturated carbocycles. The first-order valence-corrected chi connectivity index (χ1v) is 22.6. The van der Waals surface area contributed by atoms with Gasteiger partial charge in [0.15, 0.2) is 5.79 Å². The lowest BCUT2D eigenvalue weighted by atomic mass is 9.78. The van der Waals surface area contributed by atoms with Crippen LogP contribution in [0.25, 0.3) is 0 Å². The van der Waals surface area contributed by atoms with E-state index >= 15 is 0 Å². The highest BCUT2D eigenvalue weighted by atomic mass is 127. The van der Waals surface area contributed by atoms with Crippen LogP contribution in [0.5, 0.6) is 0 Å². The first-order chi connectivity index (χ1) is 26.0. The monoisotopic (exact) mass is 866 g/mol. The molecule has 1 spiro atoms. The fraction of sp³-hybridized carbons (Fsp3) is 0.881. The number of rotatable bonds is 1. The van der Waals surface area contributed by atoms with Crippen molar-refractivity contribution >= 4 is 28.6 Å². The Morgan fingerprint density at radius 1 is 0.648 bits per heavy atom. The van der Waals surface area contributed by atoms with Crippen LogP contribution in [0.4, 0.5) is 0 Å². The normalized spacial score (nSPS) is 55.7. The average Bonchev–Trinajstić information content (AvgIpc) is 3.73. The van der Waals surface area contributed by atoms with E-state index in [2.05, 4.69) is 56.5 Å². The zero-order valence-electron chi connectivity index (χ0n) is 32.0. The Hall–Kier alpha value is -0.680. The molecule has 300 valence electrons. The summed E-state index contributed by atoms with van der Waals surface area (Å²) in [6, 6.07) is 0. The third-order valence-corrected chi connectivity index (χ3v) is 15.8. The molecule has 11 aliphatic rings. The highest BCUT2D eigenvalue weighted by molar-refractivity contribution is 14.1. The summed E-state index contributed by atoms with van der Waals surface area (Å²) in [5.74, 6) is -0.431. The smallest absolute Gasteiger partial charge is 0.308 e. The van der Waals surface area contributed by atoms with Crippen molar-refractivity contribution in [2.24, 2.45) is 17.8 Å². The van der Waals surface area contributed by atoms with Gasteiger partial charge in [-0.05, 0) is 74.3 Å². The molecule has 0 aromatic rings. The fourth-order valence-corrected chi connectivity index (χ4v) is 13.0. The van der Waals surface area contributed by atoms with Crippen molar-refractivity contribution in [1.29, 1.82) is 0 Å². The minimum absolute atomic E-state index is 0.000133. The molecule has 12 heteroatoms. The van der Waals surface area contributed by atoms with Crippen LogP contribution in [-0.2, 0) is 52.2 Å². The molecule has 0 aliphatic carbocycles. The molecule has 0 amide bonds. The standard InChI is InChI=1S/C42H59IO11/c1-19-12-24-6-8-27-20(2)13-26(45-27)10-11-42-17-32-38(53-42)39-40(50-32)41(54-42)37-28(49-39)9-7-25(47-37)15-34(44)52-36-23(5)35-30(14-21(3)33(18-43)51-35)48-31(36)16-29(46-24)22(19)4/h19,21,23-33,35-41H,2,4,6-18H2,1,3,5H3. The number of carbonyl (C=O) groups excluding carboxylic acids is 1. The van der Waals surface area contributed by atoms with E-state index in [1.807, 2.05) is 0 Å². The molecule has 0 aromatic heterocycles. The van der Waals surface area contributed by atoms with E-state index in [1.54, 1.807) is 0 Å². The SMILES string of the molecule is C=C1CC2CCC34CC5OC6C(OC7CCC(CC(=O)OC8C(CC9OC(CCC1O2)CC(C)C9=C)OC1CC(C)C(CI)OC1C8C)OC7C6O3)C5O4. The molecule has 11 fully saturated rings. The molecule has 21 unspecified atom stereocenters. The van der Waals surface area contributed by atoms with Gasteiger partial charge in [-0.15, -0.1) is 0 Å². The molecule has 11 rings (SSSR count). The highest BCUT2D eigenvalue weighted by Gasteiger charge is 2.69. The van der Waals surface area contributed by atoms with Crippen molar-refractivity contribution < 1.29 is 52.2 Å². The summed E-state index contributed by atoms with van der Waals surface area (Å²) in [5.41, 5.74) is 2.25. The van der Waals surface area contributed by atoms with Crippen LogP contribution in [-0.4, -0.2) is 120 Å².